The van der Waals surface area contributed by atoms with Gasteiger partial charge in [-0.1, -0.05) is 0 Å². The van der Waals surface area contributed by atoms with Crippen LogP contribution in [-0.2, 0) is 11.5 Å². The summed E-state index contributed by atoms with van der Waals surface area (Å²) in [5, 5.41) is 0. The summed E-state index contributed by atoms with van der Waals surface area (Å²) < 4.78 is 32.4. The van der Waals surface area contributed by atoms with Crippen molar-refractivity contribution < 1.29 is 28.4 Å². The fourth-order valence-corrected chi connectivity index (χ4v) is 3.63. The molecule has 2 aromatic rings. The van der Waals surface area contributed by atoms with Crippen LogP contribution in [0.15, 0.2) is 24.3 Å². The molecule has 0 N–H and O–H groups in total. The first-order valence-electron chi connectivity index (χ1n) is 8.27. The van der Waals surface area contributed by atoms with Crippen LogP contribution in [0.4, 0.5) is 0 Å². The Bertz CT molecular complexity index is 649. The van der Waals surface area contributed by atoms with Crippen molar-refractivity contribution in [2.75, 3.05) is 42.7 Å². The molecular weight excluding hydrogens is 368 g/mol. The molecule has 27 heavy (non-hydrogen) atoms. The molecule has 0 aliphatic rings. The van der Waals surface area contributed by atoms with Crippen LogP contribution in [0, 0.1) is 0 Å². The van der Waals surface area contributed by atoms with Gasteiger partial charge >= 0.3 is 0 Å². The van der Waals surface area contributed by atoms with E-state index < -0.39 is 0 Å². The highest BCUT2D eigenvalue weighted by atomic mass is 32.2. The molecule has 0 amide bonds. The van der Waals surface area contributed by atoms with E-state index in [1.807, 2.05) is 24.3 Å². The highest BCUT2D eigenvalue weighted by Gasteiger charge is 2.15. The van der Waals surface area contributed by atoms with E-state index in [9.17, 15) is 0 Å². The summed E-state index contributed by atoms with van der Waals surface area (Å²) in [6.07, 6.45) is 0. The molecule has 0 unspecified atom stereocenters. The van der Waals surface area contributed by atoms with Crippen molar-refractivity contribution in [1.29, 1.82) is 0 Å². The van der Waals surface area contributed by atoms with E-state index >= 15 is 0 Å². The molecule has 0 radical (unpaired) electrons. The molecule has 0 aliphatic carbocycles. The molecule has 7 heteroatoms. The van der Waals surface area contributed by atoms with Crippen LogP contribution in [0.5, 0.6) is 34.5 Å². The van der Waals surface area contributed by atoms with Crippen LogP contribution in [0.1, 0.15) is 11.1 Å². The standard InChI is InChI=1S/C20H26O6S/c1-21-15-7-13(8-16(22-2)19(15)25-5)11-27-12-14-9-17(23-3)20(26-6)18(10-14)24-4/h7-10H,11-12H2,1-6H3. The Morgan fingerprint density at radius 3 is 1.04 bits per heavy atom. The van der Waals surface area contributed by atoms with E-state index in [0.29, 0.717) is 34.5 Å². The Kier molecular flexibility index (Phi) is 7.79. The van der Waals surface area contributed by atoms with Gasteiger partial charge in [-0.25, -0.2) is 0 Å². The highest BCUT2D eigenvalue weighted by Crippen LogP contribution is 2.41. The lowest BCUT2D eigenvalue weighted by Crippen LogP contribution is -1.97. The molecular formula is C20H26O6S. The molecule has 0 saturated carbocycles. The van der Waals surface area contributed by atoms with E-state index in [2.05, 4.69) is 0 Å². The first-order valence-corrected chi connectivity index (χ1v) is 9.42. The van der Waals surface area contributed by atoms with Gasteiger partial charge in [0.15, 0.2) is 23.0 Å². The van der Waals surface area contributed by atoms with E-state index in [1.165, 1.54) is 0 Å². The van der Waals surface area contributed by atoms with Crippen molar-refractivity contribution in [2.24, 2.45) is 0 Å². The zero-order valence-corrected chi connectivity index (χ0v) is 17.4. The third kappa shape index (κ3) is 4.86. The van der Waals surface area contributed by atoms with Crippen LogP contribution < -0.4 is 28.4 Å². The average Bonchev–Trinajstić information content (AvgIpc) is 2.71. The normalized spacial score (nSPS) is 10.3. The average molecular weight is 394 g/mol. The summed E-state index contributed by atoms with van der Waals surface area (Å²) >= 11 is 1.76. The zero-order chi connectivity index (χ0) is 19.8. The summed E-state index contributed by atoms with van der Waals surface area (Å²) in [4.78, 5) is 0. The molecule has 0 bridgehead atoms. The van der Waals surface area contributed by atoms with Crippen LogP contribution in [0.3, 0.4) is 0 Å². The quantitative estimate of drug-likeness (QED) is 0.599. The van der Waals surface area contributed by atoms with Crippen molar-refractivity contribution in [3.05, 3.63) is 35.4 Å². The fourth-order valence-electron chi connectivity index (χ4n) is 2.72. The summed E-state index contributed by atoms with van der Waals surface area (Å²) in [7, 11) is 9.65. The van der Waals surface area contributed by atoms with Crippen LogP contribution in [0.2, 0.25) is 0 Å². The Hall–Kier alpha value is -2.41. The van der Waals surface area contributed by atoms with Gasteiger partial charge in [-0.05, 0) is 35.4 Å². The van der Waals surface area contributed by atoms with Gasteiger partial charge in [0.1, 0.15) is 0 Å². The number of ether oxygens (including phenoxy) is 6. The van der Waals surface area contributed by atoms with E-state index in [1.54, 1.807) is 54.4 Å². The number of hydrogen-bond acceptors (Lipinski definition) is 7. The minimum absolute atomic E-state index is 0.596. The molecule has 0 heterocycles. The Balaban J connectivity index is 2.14. The first kappa shape index (κ1) is 20.9. The molecule has 0 fully saturated rings. The van der Waals surface area contributed by atoms with Crippen molar-refractivity contribution in [3.63, 3.8) is 0 Å². The zero-order valence-electron chi connectivity index (χ0n) is 16.6. The second-order valence-electron chi connectivity index (χ2n) is 5.56. The van der Waals surface area contributed by atoms with Gasteiger partial charge in [-0.3, -0.25) is 0 Å². The molecule has 0 aliphatic heterocycles. The molecule has 2 aromatic carbocycles. The predicted octanol–water partition coefficient (Wildman–Crippen LogP) is 4.17. The first-order chi connectivity index (χ1) is 13.1. The molecule has 6 nitrogen and oxygen atoms in total. The monoisotopic (exact) mass is 394 g/mol. The van der Waals surface area contributed by atoms with Crippen LogP contribution in [-0.4, -0.2) is 42.7 Å². The largest absolute Gasteiger partial charge is 0.493 e. The lowest BCUT2D eigenvalue weighted by Gasteiger charge is -2.15. The smallest absolute Gasteiger partial charge is 0.203 e. The van der Waals surface area contributed by atoms with Gasteiger partial charge in [0.05, 0.1) is 42.7 Å². The molecule has 0 saturated heterocycles. The lowest BCUT2D eigenvalue weighted by molar-refractivity contribution is 0.324. The highest BCUT2D eigenvalue weighted by molar-refractivity contribution is 7.97. The molecule has 0 spiro atoms. The second kappa shape index (κ2) is 10.1. The van der Waals surface area contributed by atoms with Crippen LogP contribution in [0.25, 0.3) is 0 Å². The summed E-state index contributed by atoms with van der Waals surface area (Å²) in [5.74, 6) is 5.37. The summed E-state index contributed by atoms with van der Waals surface area (Å²) in [5.41, 5.74) is 2.17. The van der Waals surface area contributed by atoms with Crippen molar-refractivity contribution >= 4 is 11.8 Å². The predicted molar refractivity (Wildman–Crippen MR) is 107 cm³/mol. The maximum Gasteiger partial charge on any atom is 0.203 e. The molecule has 2 rings (SSSR count). The fraction of sp³-hybridized carbons (Fsp3) is 0.400. The Morgan fingerprint density at radius 1 is 0.519 bits per heavy atom. The third-order valence-electron chi connectivity index (χ3n) is 3.99. The van der Waals surface area contributed by atoms with Gasteiger partial charge in [0.25, 0.3) is 0 Å². The SMILES string of the molecule is COc1cc(CSCc2cc(OC)c(OC)c(OC)c2)cc(OC)c1OC. The van der Waals surface area contributed by atoms with Crippen molar-refractivity contribution in [1.82, 2.24) is 0 Å². The van der Waals surface area contributed by atoms with Crippen LogP contribution >= 0.6 is 11.8 Å². The number of benzene rings is 2. The van der Waals surface area contributed by atoms with Gasteiger partial charge in [0.2, 0.25) is 11.5 Å². The Labute approximate surface area is 164 Å². The van der Waals surface area contributed by atoms with Crippen molar-refractivity contribution in [3.8, 4) is 34.5 Å². The number of hydrogen-bond donors (Lipinski definition) is 0. The summed E-state index contributed by atoms with van der Waals surface area (Å²) in [6.45, 7) is 0. The van der Waals surface area contributed by atoms with Gasteiger partial charge in [-0.2, -0.15) is 11.8 Å². The summed E-state index contributed by atoms with van der Waals surface area (Å²) in [6, 6.07) is 7.85. The number of thioether (sulfide) groups is 1. The topological polar surface area (TPSA) is 55.4 Å². The minimum atomic E-state index is 0.596. The molecule has 0 atom stereocenters. The van der Waals surface area contributed by atoms with E-state index in [-0.39, 0.29) is 0 Å². The maximum absolute atomic E-state index is 5.41. The minimum Gasteiger partial charge on any atom is -0.493 e. The van der Waals surface area contributed by atoms with Gasteiger partial charge in [-0.15, -0.1) is 0 Å². The van der Waals surface area contributed by atoms with Gasteiger partial charge in [0, 0.05) is 11.5 Å². The van der Waals surface area contributed by atoms with Gasteiger partial charge < -0.3 is 28.4 Å². The Morgan fingerprint density at radius 2 is 0.815 bits per heavy atom. The third-order valence-corrected chi connectivity index (χ3v) is 5.06. The van der Waals surface area contributed by atoms with Crippen molar-refractivity contribution in [2.45, 2.75) is 11.5 Å². The van der Waals surface area contributed by atoms with E-state index in [4.69, 9.17) is 28.4 Å². The maximum atomic E-state index is 5.41. The second-order valence-corrected chi connectivity index (χ2v) is 6.55. The molecule has 0 aromatic heterocycles. The number of rotatable bonds is 10. The molecule has 148 valence electrons. The lowest BCUT2D eigenvalue weighted by atomic mass is 10.2. The van der Waals surface area contributed by atoms with E-state index in [0.717, 1.165) is 22.6 Å². The number of methoxy groups -OCH3 is 6.